The van der Waals surface area contributed by atoms with Gasteiger partial charge in [-0.2, -0.15) is 9.97 Å². The number of nitrogens with two attached hydrogens (primary N) is 2. The Kier molecular flexibility index (Phi) is 2.53. The van der Waals surface area contributed by atoms with E-state index in [9.17, 15) is 15.3 Å². The summed E-state index contributed by atoms with van der Waals surface area (Å²) in [6.45, 7) is 0. The molecule has 10 heteroatoms. The highest BCUT2D eigenvalue weighted by molar-refractivity contribution is 5.82. The first-order valence-corrected chi connectivity index (χ1v) is 5.44. The maximum absolute atomic E-state index is 9.81. The van der Waals surface area contributed by atoms with E-state index in [2.05, 4.69) is 15.0 Å². The van der Waals surface area contributed by atoms with E-state index in [4.69, 9.17) is 16.2 Å². The van der Waals surface area contributed by atoms with Gasteiger partial charge < -0.3 is 31.5 Å². The smallest absolute Gasteiger partial charge is 0.224 e. The fraction of sp³-hybridized carbons (Fsp3) is 0.444. The maximum Gasteiger partial charge on any atom is 0.224 e. The number of anilines is 2. The lowest BCUT2D eigenvalue weighted by molar-refractivity contribution is -0.141. The van der Waals surface area contributed by atoms with Crippen LogP contribution in [0.2, 0.25) is 0 Å². The molecule has 0 aromatic carbocycles. The molecule has 0 bridgehead atoms. The van der Waals surface area contributed by atoms with Crippen molar-refractivity contribution >= 4 is 22.9 Å². The van der Waals surface area contributed by atoms with Crippen molar-refractivity contribution in [2.75, 3.05) is 11.5 Å². The van der Waals surface area contributed by atoms with Crippen molar-refractivity contribution in [2.45, 2.75) is 24.7 Å². The Morgan fingerprint density at radius 3 is 2.53 bits per heavy atom. The van der Waals surface area contributed by atoms with Crippen LogP contribution in [0.1, 0.15) is 6.23 Å². The predicted octanol–water partition coefficient (Wildman–Crippen LogP) is -2.44. The second-order valence-electron chi connectivity index (χ2n) is 4.19. The van der Waals surface area contributed by atoms with Crippen molar-refractivity contribution in [1.82, 2.24) is 19.5 Å². The fourth-order valence-corrected chi connectivity index (χ4v) is 2.01. The molecule has 2 aromatic rings. The minimum atomic E-state index is -1.49. The molecule has 1 saturated heterocycles. The van der Waals surface area contributed by atoms with Crippen molar-refractivity contribution in [3.8, 4) is 0 Å². The minimum absolute atomic E-state index is 0.0552. The van der Waals surface area contributed by atoms with E-state index in [1.165, 1.54) is 10.9 Å². The number of rotatable bonds is 1. The van der Waals surface area contributed by atoms with Gasteiger partial charge >= 0.3 is 0 Å². The number of hydrogen-bond acceptors (Lipinski definition) is 9. The van der Waals surface area contributed by atoms with Gasteiger partial charge in [0, 0.05) is 0 Å². The molecule has 0 radical (unpaired) electrons. The lowest BCUT2D eigenvalue weighted by Gasteiger charge is -2.16. The summed E-state index contributed by atoms with van der Waals surface area (Å²) in [5.41, 5.74) is 11.7. The number of imidazole rings is 1. The fourth-order valence-electron chi connectivity index (χ4n) is 2.01. The molecule has 4 unspecified atom stereocenters. The molecule has 0 aliphatic carbocycles. The Morgan fingerprint density at radius 2 is 1.89 bits per heavy atom. The van der Waals surface area contributed by atoms with Crippen LogP contribution in [0.25, 0.3) is 11.2 Å². The largest absolute Gasteiger partial charge is 0.385 e. The molecule has 10 nitrogen and oxygen atoms in total. The molecule has 1 aliphatic rings. The SMILES string of the molecule is Nc1nc(N)c2ncn(C3OC(O)C(O)C3O)c2n1. The lowest BCUT2D eigenvalue weighted by atomic mass is 10.2. The second kappa shape index (κ2) is 3.99. The van der Waals surface area contributed by atoms with Gasteiger partial charge in [-0.25, -0.2) is 4.98 Å². The molecular formula is C9H12N6O4. The van der Waals surface area contributed by atoms with Gasteiger partial charge in [0.05, 0.1) is 6.33 Å². The number of aromatic nitrogens is 4. The van der Waals surface area contributed by atoms with Crippen LogP contribution in [-0.4, -0.2) is 53.3 Å². The summed E-state index contributed by atoms with van der Waals surface area (Å²) in [5.74, 6) is 0.0372. The van der Waals surface area contributed by atoms with Gasteiger partial charge in [0.25, 0.3) is 0 Å². The standard InChI is InChI=1S/C9H12N6O4/c10-5-2-6(14-9(11)13-5)15(1-12-2)7-3(16)4(17)8(18)19-7/h1,3-4,7-8,16-18H,(H4,10,11,13,14). The Hall–Kier alpha value is -2.01. The highest BCUT2D eigenvalue weighted by Crippen LogP contribution is 2.31. The third kappa shape index (κ3) is 1.69. The predicted molar refractivity (Wildman–Crippen MR) is 62.3 cm³/mol. The molecule has 0 amide bonds. The van der Waals surface area contributed by atoms with Gasteiger partial charge in [0.2, 0.25) is 5.95 Å². The van der Waals surface area contributed by atoms with Crippen LogP contribution in [0.5, 0.6) is 0 Å². The van der Waals surface area contributed by atoms with E-state index in [-0.39, 0.29) is 17.4 Å². The normalized spacial score (nSPS) is 31.1. The highest BCUT2D eigenvalue weighted by atomic mass is 16.7. The van der Waals surface area contributed by atoms with Crippen LogP contribution < -0.4 is 11.5 Å². The first kappa shape index (κ1) is 12.0. The molecule has 7 N–H and O–H groups in total. The van der Waals surface area contributed by atoms with Crippen molar-refractivity contribution in [1.29, 1.82) is 0 Å². The monoisotopic (exact) mass is 268 g/mol. The number of ether oxygens (including phenoxy) is 1. The molecule has 2 aromatic heterocycles. The zero-order valence-electron chi connectivity index (χ0n) is 9.58. The van der Waals surface area contributed by atoms with Gasteiger partial charge in [-0.05, 0) is 0 Å². The number of hydrogen-bond donors (Lipinski definition) is 5. The zero-order chi connectivity index (χ0) is 13.7. The third-order valence-corrected chi connectivity index (χ3v) is 2.95. The lowest BCUT2D eigenvalue weighted by Crippen LogP contribution is -2.31. The number of nitrogens with zero attached hydrogens (tertiary/aromatic N) is 4. The highest BCUT2D eigenvalue weighted by Gasteiger charge is 2.43. The summed E-state index contributed by atoms with van der Waals surface area (Å²) >= 11 is 0. The summed E-state index contributed by atoms with van der Waals surface area (Å²) in [7, 11) is 0. The second-order valence-corrected chi connectivity index (χ2v) is 4.19. The van der Waals surface area contributed by atoms with E-state index in [1.54, 1.807) is 0 Å². The number of aliphatic hydroxyl groups excluding tert-OH is 3. The Morgan fingerprint density at radius 1 is 1.16 bits per heavy atom. The first-order valence-electron chi connectivity index (χ1n) is 5.44. The number of nitrogen functional groups attached to an aromatic ring is 2. The average Bonchev–Trinajstić information content (AvgIpc) is 2.86. The first-order chi connectivity index (χ1) is 8.99. The van der Waals surface area contributed by atoms with Gasteiger partial charge in [-0.3, -0.25) is 4.57 Å². The molecule has 1 aliphatic heterocycles. The molecule has 102 valence electrons. The minimum Gasteiger partial charge on any atom is -0.385 e. The maximum atomic E-state index is 9.81. The molecule has 4 atom stereocenters. The van der Waals surface area contributed by atoms with Crippen molar-refractivity contribution < 1.29 is 20.1 Å². The topological polar surface area (TPSA) is 166 Å². The van der Waals surface area contributed by atoms with Crippen LogP contribution in [0.4, 0.5) is 11.8 Å². The Bertz CT molecular complexity index is 630. The van der Waals surface area contributed by atoms with E-state index in [1.807, 2.05) is 0 Å². The Labute approximate surface area is 106 Å². The van der Waals surface area contributed by atoms with Gasteiger partial charge in [0.15, 0.2) is 24.0 Å². The van der Waals surface area contributed by atoms with E-state index in [0.29, 0.717) is 5.52 Å². The van der Waals surface area contributed by atoms with E-state index in [0.717, 1.165) is 0 Å². The molecule has 3 heterocycles. The zero-order valence-corrected chi connectivity index (χ0v) is 9.58. The van der Waals surface area contributed by atoms with Crippen LogP contribution in [0.3, 0.4) is 0 Å². The third-order valence-electron chi connectivity index (χ3n) is 2.95. The van der Waals surface area contributed by atoms with Gasteiger partial charge in [-0.1, -0.05) is 0 Å². The van der Waals surface area contributed by atoms with E-state index >= 15 is 0 Å². The Balaban J connectivity index is 2.11. The van der Waals surface area contributed by atoms with Crippen molar-refractivity contribution in [3.05, 3.63) is 6.33 Å². The summed E-state index contributed by atoms with van der Waals surface area (Å²) in [6, 6.07) is 0. The molecule has 3 rings (SSSR count). The molecule has 1 fully saturated rings. The summed E-state index contributed by atoms with van der Waals surface area (Å²) < 4.78 is 6.38. The van der Waals surface area contributed by atoms with Crippen LogP contribution in [0, 0.1) is 0 Å². The molecule has 0 saturated carbocycles. The number of fused-ring (bicyclic) bond motifs is 1. The summed E-state index contributed by atoms with van der Waals surface area (Å²) in [5, 5.41) is 28.7. The molecule has 19 heavy (non-hydrogen) atoms. The van der Waals surface area contributed by atoms with Crippen LogP contribution >= 0.6 is 0 Å². The van der Waals surface area contributed by atoms with Gasteiger partial charge in [0.1, 0.15) is 17.7 Å². The van der Waals surface area contributed by atoms with Crippen LogP contribution in [0.15, 0.2) is 6.33 Å². The van der Waals surface area contributed by atoms with Crippen molar-refractivity contribution in [3.63, 3.8) is 0 Å². The molecular weight excluding hydrogens is 256 g/mol. The summed E-state index contributed by atoms with van der Waals surface area (Å²) in [4.78, 5) is 11.7. The van der Waals surface area contributed by atoms with E-state index < -0.39 is 24.7 Å². The number of aliphatic hydroxyl groups is 3. The average molecular weight is 268 g/mol. The van der Waals surface area contributed by atoms with Crippen LogP contribution in [-0.2, 0) is 4.74 Å². The summed E-state index contributed by atoms with van der Waals surface area (Å²) in [6.07, 6.45) is -3.96. The van der Waals surface area contributed by atoms with Crippen molar-refractivity contribution in [2.24, 2.45) is 0 Å². The quantitative estimate of drug-likeness (QED) is 0.377. The molecule has 0 spiro atoms. The van der Waals surface area contributed by atoms with Gasteiger partial charge in [-0.15, -0.1) is 0 Å².